The van der Waals surface area contributed by atoms with E-state index in [-0.39, 0.29) is 18.0 Å². The van der Waals surface area contributed by atoms with Gasteiger partial charge in [-0.2, -0.15) is 0 Å². The Bertz CT molecular complexity index is 236. The van der Waals surface area contributed by atoms with Crippen LogP contribution in [0.1, 0.15) is 59.8 Å². The average Bonchev–Trinajstić information content (AvgIpc) is 2.61. The molecule has 0 fully saturated rings. The van der Waals surface area contributed by atoms with Crippen molar-refractivity contribution in [3.63, 3.8) is 0 Å². The summed E-state index contributed by atoms with van der Waals surface area (Å²) in [5.74, 6) is 0.175. The van der Waals surface area contributed by atoms with Crippen molar-refractivity contribution in [2.75, 3.05) is 0 Å². The van der Waals surface area contributed by atoms with Gasteiger partial charge in [0, 0.05) is 11.1 Å². The Labute approximate surface area is 92.8 Å². The Balaban J connectivity index is 0.000000442. The minimum Gasteiger partial charge on any atom is -0.294 e. The lowest BCUT2D eigenvalue weighted by molar-refractivity contribution is -0.121. The maximum atomic E-state index is 11.1. The first-order valence-corrected chi connectivity index (χ1v) is 6.07. The lowest BCUT2D eigenvalue weighted by Crippen LogP contribution is -2.01. The van der Waals surface area contributed by atoms with Crippen LogP contribution in [0.25, 0.3) is 0 Å². The van der Waals surface area contributed by atoms with Gasteiger partial charge in [-0.15, -0.1) is 0 Å². The van der Waals surface area contributed by atoms with Crippen molar-refractivity contribution in [2.45, 2.75) is 59.8 Å². The van der Waals surface area contributed by atoms with Crippen LogP contribution in [0.5, 0.6) is 0 Å². The fourth-order valence-corrected chi connectivity index (χ4v) is 1.88. The number of hydrogen-bond acceptors (Lipinski definition) is 2. The number of Topliss-reactive ketones (excluding diaryl/α,β-unsaturated/α-hetero) is 2. The molecule has 0 aliphatic heterocycles. The van der Waals surface area contributed by atoms with Crippen LogP contribution in [0.4, 0.5) is 0 Å². The predicted octanol–water partition coefficient (Wildman–Crippen LogP) is 3.45. The van der Waals surface area contributed by atoms with E-state index < -0.39 is 0 Å². The molecule has 0 N–H and O–H groups in total. The monoisotopic (exact) mass is 210 g/mol. The molecule has 2 aliphatic carbocycles. The molecule has 0 amide bonds. The molecular formula is C13H22O2. The number of hydrogen-bond donors (Lipinski definition) is 0. The second-order valence-corrected chi connectivity index (χ2v) is 3.19. The third-order valence-corrected chi connectivity index (χ3v) is 2.46. The summed E-state index contributed by atoms with van der Waals surface area (Å²) in [6.45, 7) is 8.00. The third-order valence-electron chi connectivity index (χ3n) is 2.46. The second-order valence-electron chi connectivity index (χ2n) is 3.19. The minimum absolute atomic E-state index is 0.0877. The van der Waals surface area contributed by atoms with E-state index >= 15 is 0 Å². The van der Waals surface area contributed by atoms with E-state index in [1.54, 1.807) is 0 Å². The molecule has 0 unspecified atom stereocenters. The summed E-state index contributed by atoms with van der Waals surface area (Å²) in [4.78, 5) is 22.3. The lowest BCUT2D eigenvalue weighted by atomic mass is 9.93. The maximum absolute atomic E-state index is 11.1. The molecule has 86 valence electrons. The molecule has 0 saturated carbocycles. The smallest absolute Gasteiger partial charge is 0.166 e. The zero-order valence-corrected chi connectivity index (χ0v) is 10.4. The predicted molar refractivity (Wildman–Crippen MR) is 62.8 cm³/mol. The molecule has 0 bridgehead atoms. The van der Waals surface area contributed by atoms with Gasteiger partial charge in [-0.3, -0.25) is 9.59 Å². The van der Waals surface area contributed by atoms with Gasteiger partial charge in [0.25, 0.3) is 0 Å². The van der Waals surface area contributed by atoms with Gasteiger partial charge in [-0.05, 0) is 25.7 Å². The first-order valence-electron chi connectivity index (χ1n) is 6.07. The first-order chi connectivity index (χ1) is 7.29. The highest BCUT2D eigenvalue weighted by Gasteiger charge is 2.31. The molecule has 0 aromatic rings. The topological polar surface area (TPSA) is 34.1 Å². The summed E-state index contributed by atoms with van der Waals surface area (Å²) in [6.07, 6.45) is 4.01. The fraction of sp³-hybridized carbons (Fsp3) is 0.692. The summed E-state index contributed by atoms with van der Waals surface area (Å²) in [5, 5.41) is 0. The van der Waals surface area contributed by atoms with E-state index in [9.17, 15) is 9.59 Å². The van der Waals surface area contributed by atoms with Crippen LogP contribution in [-0.4, -0.2) is 11.6 Å². The van der Waals surface area contributed by atoms with E-state index in [0.717, 1.165) is 36.8 Å². The van der Waals surface area contributed by atoms with Gasteiger partial charge in [0.2, 0.25) is 0 Å². The van der Waals surface area contributed by atoms with Gasteiger partial charge in [0.1, 0.15) is 0 Å². The average molecular weight is 210 g/mol. The molecule has 2 nitrogen and oxygen atoms in total. The van der Waals surface area contributed by atoms with Crippen LogP contribution in [0.2, 0.25) is 0 Å². The minimum atomic E-state index is 0.0877. The van der Waals surface area contributed by atoms with E-state index in [0.29, 0.717) is 0 Å². The Morgan fingerprint density at radius 3 is 1.40 bits per heavy atom. The van der Waals surface area contributed by atoms with Crippen molar-refractivity contribution in [3.8, 4) is 0 Å². The maximum Gasteiger partial charge on any atom is 0.166 e. The van der Waals surface area contributed by atoms with Crippen molar-refractivity contribution < 1.29 is 9.59 Å². The molecule has 2 heteroatoms. The number of ketones is 2. The lowest BCUT2D eigenvalue weighted by Gasteiger charge is -2.10. The first kappa shape index (κ1) is 14.1. The van der Waals surface area contributed by atoms with Crippen LogP contribution in [0.15, 0.2) is 11.1 Å². The Hall–Kier alpha value is -0.920. The van der Waals surface area contributed by atoms with Gasteiger partial charge >= 0.3 is 0 Å². The van der Waals surface area contributed by atoms with Crippen molar-refractivity contribution in [2.24, 2.45) is 0 Å². The van der Waals surface area contributed by atoms with Crippen LogP contribution in [0.3, 0.4) is 0 Å². The molecule has 0 saturated heterocycles. The molecule has 0 spiro atoms. The molecular weight excluding hydrogens is 188 g/mol. The van der Waals surface area contributed by atoms with E-state index in [1.165, 1.54) is 0 Å². The fourth-order valence-electron chi connectivity index (χ4n) is 1.88. The molecule has 15 heavy (non-hydrogen) atoms. The van der Waals surface area contributed by atoms with Gasteiger partial charge < -0.3 is 0 Å². The van der Waals surface area contributed by atoms with Crippen molar-refractivity contribution >= 4 is 11.6 Å². The molecule has 2 aliphatic rings. The van der Waals surface area contributed by atoms with Crippen LogP contribution >= 0.6 is 0 Å². The number of carbonyl (C=O) groups excluding carboxylic acids is 2. The Kier molecular flexibility index (Phi) is 6.93. The van der Waals surface area contributed by atoms with Crippen molar-refractivity contribution in [1.82, 2.24) is 0 Å². The molecule has 0 atom stereocenters. The van der Waals surface area contributed by atoms with Crippen molar-refractivity contribution in [1.29, 1.82) is 0 Å². The molecule has 0 radical (unpaired) electrons. The standard InChI is InChI=1S/C9H10O2.2C2H6/c10-8-5-9(11)7-4-2-1-3-6(7)8;2*1-2/h1-5H2;2*1-2H3. The largest absolute Gasteiger partial charge is 0.294 e. The quantitative estimate of drug-likeness (QED) is 0.574. The normalized spacial score (nSPS) is 18.7. The molecule has 0 heterocycles. The van der Waals surface area contributed by atoms with Gasteiger partial charge in [-0.1, -0.05) is 27.7 Å². The SMILES string of the molecule is CC.CC.O=C1CC(=O)C2=C1CCCC2. The van der Waals surface area contributed by atoms with E-state index in [2.05, 4.69) is 0 Å². The molecule has 2 rings (SSSR count). The van der Waals surface area contributed by atoms with Gasteiger partial charge in [0.05, 0.1) is 6.42 Å². The van der Waals surface area contributed by atoms with E-state index in [1.807, 2.05) is 27.7 Å². The van der Waals surface area contributed by atoms with Gasteiger partial charge in [-0.25, -0.2) is 0 Å². The Morgan fingerprint density at radius 2 is 1.07 bits per heavy atom. The molecule has 0 aromatic carbocycles. The van der Waals surface area contributed by atoms with Crippen molar-refractivity contribution in [3.05, 3.63) is 11.1 Å². The zero-order chi connectivity index (χ0) is 11.8. The van der Waals surface area contributed by atoms with Crippen LogP contribution in [-0.2, 0) is 9.59 Å². The Morgan fingerprint density at radius 1 is 0.733 bits per heavy atom. The zero-order valence-electron chi connectivity index (χ0n) is 10.4. The van der Waals surface area contributed by atoms with E-state index in [4.69, 9.17) is 0 Å². The summed E-state index contributed by atoms with van der Waals surface area (Å²) in [6, 6.07) is 0. The summed E-state index contributed by atoms with van der Waals surface area (Å²) < 4.78 is 0. The highest BCUT2D eigenvalue weighted by atomic mass is 16.2. The summed E-state index contributed by atoms with van der Waals surface area (Å²) in [5.41, 5.74) is 1.70. The molecule has 0 aromatic heterocycles. The van der Waals surface area contributed by atoms with Crippen LogP contribution < -0.4 is 0 Å². The second kappa shape index (κ2) is 7.38. The number of rotatable bonds is 0. The number of allylic oxidation sites excluding steroid dienone is 2. The highest BCUT2D eigenvalue weighted by molar-refractivity contribution is 6.22. The third kappa shape index (κ3) is 3.29. The number of carbonyl (C=O) groups is 2. The van der Waals surface area contributed by atoms with Gasteiger partial charge in [0.15, 0.2) is 11.6 Å². The summed E-state index contributed by atoms with van der Waals surface area (Å²) >= 11 is 0. The highest BCUT2D eigenvalue weighted by Crippen LogP contribution is 2.32. The van der Waals surface area contributed by atoms with Crippen LogP contribution in [0, 0.1) is 0 Å². The summed E-state index contributed by atoms with van der Waals surface area (Å²) in [7, 11) is 0.